The van der Waals surface area contributed by atoms with Gasteiger partial charge in [-0.1, -0.05) is 42.8 Å². The summed E-state index contributed by atoms with van der Waals surface area (Å²) < 4.78 is 8.04. The second-order valence-electron chi connectivity index (χ2n) is 5.75. The lowest BCUT2D eigenvalue weighted by atomic mass is 10.1. The number of fused-ring (bicyclic) bond motifs is 1. The fourth-order valence-electron chi connectivity index (χ4n) is 2.46. The summed E-state index contributed by atoms with van der Waals surface area (Å²) in [5.41, 5.74) is 2.61. The summed E-state index contributed by atoms with van der Waals surface area (Å²) in [4.78, 5) is 24.0. The van der Waals surface area contributed by atoms with E-state index in [1.54, 1.807) is 12.1 Å². The van der Waals surface area contributed by atoms with Crippen molar-refractivity contribution in [2.45, 2.75) is 26.3 Å². The van der Waals surface area contributed by atoms with Crippen molar-refractivity contribution in [3.05, 3.63) is 40.1 Å². The van der Waals surface area contributed by atoms with Gasteiger partial charge in [-0.2, -0.15) is 9.97 Å². The van der Waals surface area contributed by atoms with Crippen molar-refractivity contribution in [1.29, 1.82) is 0 Å². The van der Waals surface area contributed by atoms with Gasteiger partial charge in [-0.3, -0.25) is 9.36 Å². The van der Waals surface area contributed by atoms with E-state index in [0.717, 1.165) is 24.7 Å². The molecule has 0 unspecified atom stereocenters. The maximum Gasteiger partial charge on any atom is 0.320 e. The van der Waals surface area contributed by atoms with Crippen molar-refractivity contribution in [3.8, 4) is 6.01 Å². The first-order chi connectivity index (χ1) is 13.2. The summed E-state index contributed by atoms with van der Waals surface area (Å²) in [5.74, 6) is 5.44. The Kier molecular flexibility index (Phi) is 6.07. The molecule has 0 spiro atoms. The van der Waals surface area contributed by atoms with E-state index in [9.17, 15) is 4.79 Å². The van der Waals surface area contributed by atoms with Gasteiger partial charge in [0.15, 0.2) is 15.9 Å². The number of benzene rings is 1. The molecular weight excluding hydrogens is 414 g/mol. The van der Waals surface area contributed by atoms with E-state index in [4.69, 9.17) is 10.6 Å². The van der Waals surface area contributed by atoms with Crippen LogP contribution in [0.15, 0.2) is 39.3 Å². The van der Waals surface area contributed by atoms with Crippen LogP contribution in [0.25, 0.3) is 11.2 Å². The van der Waals surface area contributed by atoms with Crippen molar-refractivity contribution in [1.82, 2.24) is 19.5 Å². The zero-order valence-corrected chi connectivity index (χ0v) is 16.3. The van der Waals surface area contributed by atoms with Gasteiger partial charge in [0, 0.05) is 5.56 Å². The molecule has 0 aliphatic rings. The second kappa shape index (κ2) is 8.67. The highest BCUT2D eigenvalue weighted by molar-refractivity contribution is 9.10. The van der Waals surface area contributed by atoms with Crippen LogP contribution >= 0.6 is 15.9 Å². The van der Waals surface area contributed by atoms with Gasteiger partial charge in [-0.25, -0.2) is 4.98 Å². The largest absolute Gasteiger partial charge is 0.463 e. The number of halogens is 1. The van der Waals surface area contributed by atoms with Crippen molar-refractivity contribution in [3.63, 3.8) is 0 Å². The number of aromatic nitrogens is 4. The number of ether oxygens (including phenoxy) is 1. The smallest absolute Gasteiger partial charge is 0.320 e. The van der Waals surface area contributed by atoms with Gasteiger partial charge in [0.05, 0.1) is 13.2 Å². The molecule has 3 rings (SSSR count). The van der Waals surface area contributed by atoms with E-state index in [2.05, 4.69) is 48.1 Å². The van der Waals surface area contributed by atoms with E-state index in [1.165, 1.54) is 0 Å². The predicted octanol–water partition coefficient (Wildman–Crippen LogP) is 3.59. The number of aldehydes is 1. The highest BCUT2D eigenvalue weighted by Gasteiger charge is 2.18. The van der Waals surface area contributed by atoms with Crippen molar-refractivity contribution in [2.75, 3.05) is 6.61 Å². The fraction of sp³-hybridized carbons (Fsp3) is 0.294. The molecule has 0 aliphatic heterocycles. The molecule has 0 atom stereocenters. The lowest BCUT2D eigenvalue weighted by molar-refractivity contribution is 0.112. The van der Waals surface area contributed by atoms with Crippen LogP contribution in [0, 0.1) is 0 Å². The van der Waals surface area contributed by atoms with Gasteiger partial charge in [0.2, 0.25) is 5.82 Å². The number of unbranched alkanes of at least 4 members (excludes halogenated alkanes) is 1. The summed E-state index contributed by atoms with van der Waals surface area (Å²) in [6.45, 7) is 3.06. The topological polar surface area (TPSA) is 121 Å². The van der Waals surface area contributed by atoms with Crippen LogP contribution in [0.2, 0.25) is 0 Å². The highest BCUT2D eigenvalue weighted by atomic mass is 79.9. The zero-order valence-electron chi connectivity index (χ0n) is 14.7. The molecule has 0 fully saturated rings. The number of nitrogens with zero attached hydrogens (tertiary/aromatic N) is 6. The number of carbonyl (C=O) groups excluding carboxylic acids is 1. The van der Waals surface area contributed by atoms with Crippen LogP contribution in [0.3, 0.4) is 0 Å². The van der Waals surface area contributed by atoms with Crippen LogP contribution < -0.4 is 10.6 Å². The van der Waals surface area contributed by atoms with Gasteiger partial charge in [0.25, 0.3) is 0 Å². The van der Waals surface area contributed by atoms with Crippen LogP contribution in [-0.2, 0) is 6.54 Å². The Labute approximate surface area is 163 Å². The molecule has 27 heavy (non-hydrogen) atoms. The molecular formula is C17H18BrN7O2. The molecule has 2 N–H and O–H groups in total. The molecule has 0 radical (unpaired) electrons. The van der Waals surface area contributed by atoms with Crippen molar-refractivity contribution >= 4 is 39.2 Å². The number of rotatable bonds is 8. The number of hydrogen-bond acceptors (Lipinski definition) is 7. The normalized spacial score (nSPS) is 11.3. The van der Waals surface area contributed by atoms with E-state index in [-0.39, 0.29) is 11.8 Å². The molecule has 3 aromatic rings. The van der Waals surface area contributed by atoms with E-state index >= 15 is 0 Å². The lowest BCUT2D eigenvalue weighted by Crippen LogP contribution is -2.05. The molecule has 9 nitrogen and oxygen atoms in total. The number of carbonyl (C=O) groups is 1. The SMILES string of the molecule is CCCCOc1nc(N=NN)c2nc(Br)n(Cc3ccc(C=O)cc3)c2n1. The molecule has 0 saturated carbocycles. The molecule has 0 saturated heterocycles. The Morgan fingerprint density at radius 3 is 2.70 bits per heavy atom. The standard InChI is InChI=1S/C17H18BrN7O2/c1-2-3-8-27-17-21-14(23-24-19)13-15(22-17)25(16(18)20-13)9-11-4-6-12(10-26)7-5-11/h4-7,10H,2-3,8-9H2,1H3,(H2,19,21,22,23). The maximum atomic E-state index is 10.8. The van der Waals surface area contributed by atoms with Gasteiger partial charge in [-0.15, -0.1) is 5.11 Å². The molecule has 0 amide bonds. The van der Waals surface area contributed by atoms with E-state index < -0.39 is 0 Å². The van der Waals surface area contributed by atoms with Crippen LogP contribution in [0.4, 0.5) is 5.82 Å². The Morgan fingerprint density at radius 1 is 1.26 bits per heavy atom. The van der Waals surface area contributed by atoms with Crippen LogP contribution in [0.1, 0.15) is 35.7 Å². The zero-order chi connectivity index (χ0) is 19.2. The molecule has 0 bridgehead atoms. The first-order valence-electron chi connectivity index (χ1n) is 8.38. The van der Waals surface area contributed by atoms with Gasteiger partial charge in [-0.05, 0) is 27.9 Å². The second-order valence-corrected chi connectivity index (χ2v) is 6.46. The monoisotopic (exact) mass is 431 g/mol. The Balaban J connectivity index is 2.02. The summed E-state index contributed by atoms with van der Waals surface area (Å²) in [7, 11) is 0. The Hall–Kier alpha value is -2.88. The van der Waals surface area contributed by atoms with Gasteiger partial charge >= 0.3 is 6.01 Å². The average molecular weight is 432 g/mol. The minimum atomic E-state index is 0.198. The van der Waals surface area contributed by atoms with Crippen LogP contribution in [0.5, 0.6) is 6.01 Å². The van der Waals surface area contributed by atoms with E-state index in [1.807, 2.05) is 16.7 Å². The third-order valence-corrected chi connectivity index (χ3v) is 4.45. The summed E-state index contributed by atoms with van der Waals surface area (Å²) in [6, 6.07) is 7.48. The Morgan fingerprint density at radius 2 is 2.04 bits per heavy atom. The molecule has 1 aromatic carbocycles. The molecule has 2 heterocycles. The van der Waals surface area contributed by atoms with Crippen molar-refractivity contribution < 1.29 is 9.53 Å². The first kappa shape index (κ1) is 18.9. The quantitative estimate of drug-likeness (QED) is 0.145. The minimum absolute atomic E-state index is 0.198. The third-order valence-electron chi connectivity index (χ3n) is 3.85. The number of hydrogen-bond donors (Lipinski definition) is 1. The molecule has 2 aromatic heterocycles. The van der Waals surface area contributed by atoms with Gasteiger partial charge < -0.3 is 10.6 Å². The Bertz CT molecular complexity index is 970. The van der Waals surface area contributed by atoms with Gasteiger partial charge in [0.1, 0.15) is 6.29 Å². The van der Waals surface area contributed by atoms with Crippen LogP contribution in [-0.4, -0.2) is 32.4 Å². The summed E-state index contributed by atoms with van der Waals surface area (Å²) in [6.07, 6.45) is 2.70. The summed E-state index contributed by atoms with van der Waals surface area (Å²) in [5, 5.41) is 7.16. The third kappa shape index (κ3) is 4.27. The minimum Gasteiger partial charge on any atom is -0.463 e. The molecule has 10 heteroatoms. The fourth-order valence-corrected chi connectivity index (χ4v) is 2.93. The highest BCUT2D eigenvalue weighted by Crippen LogP contribution is 2.28. The number of nitrogens with two attached hydrogens (primary N) is 1. The molecule has 0 aliphatic carbocycles. The van der Waals surface area contributed by atoms with E-state index in [0.29, 0.717) is 34.6 Å². The number of imidazole rings is 1. The first-order valence-corrected chi connectivity index (χ1v) is 9.17. The van der Waals surface area contributed by atoms with Crippen molar-refractivity contribution in [2.24, 2.45) is 16.2 Å². The summed E-state index contributed by atoms with van der Waals surface area (Å²) >= 11 is 3.45. The predicted molar refractivity (Wildman–Crippen MR) is 103 cm³/mol. The average Bonchev–Trinajstić information content (AvgIpc) is 2.99. The molecule has 140 valence electrons. The maximum absolute atomic E-state index is 10.8. The lowest BCUT2D eigenvalue weighted by Gasteiger charge is -2.08.